The smallest absolute Gasteiger partial charge is 0.000566 e. The van der Waals surface area contributed by atoms with Crippen molar-refractivity contribution in [1.29, 1.82) is 0 Å². The van der Waals surface area contributed by atoms with Gasteiger partial charge in [-0.15, -0.1) is 0 Å². The van der Waals surface area contributed by atoms with Gasteiger partial charge in [-0.05, 0) is 17.9 Å². The van der Waals surface area contributed by atoms with Gasteiger partial charge in [0.2, 0.25) is 0 Å². The van der Waals surface area contributed by atoms with Crippen LogP contribution in [0.3, 0.4) is 0 Å². The Bertz CT molecular complexity index is 97.0. The molecule has 0 aromatic heterocycles. The minimum absolute atomic E-state index is 0.542. The second-order valence-electron chi connectivity index (χ2n) is 4.23. The van der Waals surface area contributed by atoms with Crippen LogP contribution in [0.15, 0.2) is 0 Å². The molecule has 1 unspecified atom stereocenters. The molecule has 1 fully saturated rings. The van der Waals surface area contributed by atoms with Gasteiger partial charge in [0.05, 0.1) is 0 Å². The number of hydrogen-bond acceptors (Lipinski definition) is 1. The van der Waals surface area contributed by atoms with Crippen molar-refractivity contribution >= 4 is 0 Å². The molecule has 0 bridgehead atoms. The Labute approximate surface area is 71.6 Å². The van der Waals surface area contributed by atoms with Crippen LogP contribution in [0.25, 0.3) is 0 Å². The molecule has 68 valence electrons. The number of nitrogens with one attached hydrogen (secondary N) is 1. The van der Waals surface area contributed by atoms with Crippen LogP contribution in [-0.2, 0) is 0 Å². The van der Waals surface area contributed by atoms with Crippen LogP contribution in [0.1, 0.15) is 41.0 Å². The summed E-state index contributed by atoms with van der Waals surface area (Å²) in [5.41, 5.74) is 0.542. The SMILES string of the molecule is CC1CNCC1(C)C.CCC. The Hall–Kier alpha value is -0.0400. The molecular formula is C10H23N. The van der Waals surface area contributed by atoms with Crippen molar-refractivity contribution in [3.05, 3.63) is 0 Å². The first-order valence-electron chi connectivity index (χ1n) is 4.75. The lowest BCUT2D eigenvalue weighted by Crippen LogP contribution is -2.19. The molecule has 1 atom stereocenters. The van der Waals surface area contributed by atoms with Crippen molar-refractivity contribution in [1.82, 2.24) is 5.32 Å². The fraction of sp³-hybridized carbons (Fsp3) is 1.00. The summed E-state index contributed by atoms with van der Waals surface area (Å²) >= 11 is 0. The molecule has 1 heterocycles. The number of hydrogen-bond donors (Lipinski definition) is 1. The third-order valence-corrected chi connectivity index (χ3v) is 2.37. The quantitative estimate of drug-likeness (QED) is 0.570. The van der Waals surface area contributed by atoms with E-state index in [0.717, 1.165) is 5.92 Å². The first-order valence-corrected chi connectivity index (χ1v) is 4.75. The van der Waals surface area contributed by atoms with Crippen LogP contribution in [0.2, 0.25) is 0 Å². The fourth-order valence-electron chi connectivity index (χ4n) is 1.06. The van der Waals surface area contributed by atoms with Gasteiger partial charge in [0.15, 0.2) is 0 Å². The molecule has 1 N–H and O–H groups in total. The fourth-order valence-corrected chi connectivity index (χ4v) is 1.06. The monoisotopic (exact) mass is 157 g/mol. The summed E-state index contributed by atoms with van der Waals surface area (Å²) in [6, 6.07) is 0. The normalized spacial score (nSPS) is 27.5. The summed E-state index contributed by atoms with van der Waals surface area (Å²) in [5, 5.41) is 3.36. The Balaban J connectivity index is 0.000000292. The van der Waals surface area contributed by atoms with E-state index in [-0.39, 0.29) is 0 Å². The maximum absolute atomic E-state index is 3.36. The molecule has 1 saturated heterocycles. The lowest BCUT2D eigenvalue weighted by molar-refractivity contribution is 0.311. The molecule has 0 aliphatic carbocycles. The molecule has 1 heteroatoms. The molecular weight excluding hydrogens is 134 g/mol. The number of rotatable bonds is 0. The van der Waals surface area contributed by atoms with E-state index in [9.17, 15) is 0 Å². The molecule has 11 heavy (non-hydrogen) atoms. The third-order valence-electron chi connectivity index (χ3n) is 2.37. The van der Waals surface area contributed by atoms with Crippen LogP contribution in [0, 0.1) is 11.3 Å². The summed E-state index contributed by atoms with van der Waals surface area (Å²) < 4.78 is 0. The first-order chi connectivity index (χ1) is 5.04. The standard InChI is InChI=1S/C7H15N.C3H8/c1-6-4-8-5-7(6,2)3;1-3-2/h6,8H,4-5H2,1-3H3;3H2,1-2H3. The van der Waals surface area contributed by atoms with Gasteiger partial charge in [-0.2, -0.15) is 0 Å². The van der Waals surface area contributed by atoms with E-state index >= 15 is 0 Å². The van der Waals surface area contributed by atoms with Crippen molar-refractivity contribution in [2.45, 2.75) is 41.0 Å². The zero-order valence-corrected chi connectivity index (χ0v) is 8.70. The Kier molecular flexibility index (Phi) is 4.74. The first kappa shape index (κ1) is 11.0. The molecule has 1 rings (SSSR count). The van der Waals surface area contributed by atoms with E-state index in [0.29, 0.717) is 5.41 Å². The summed E-state index contributed by atoms with van der Waals surface area (Å²) in [5.74, 6) is 0.850. The summed E-state index contributed by atoms with van der Waals surface area (Å²) in [6.07, 6.45) is 1.25. The minimum atomic E-state index is 0.542. The highest BCUT2D eigenvalue weighted by atomic mass is 14.9. The lowest BCUT2D eigenvalue weighted by atomic mass is 9.84. The average molecular weight is 157 g/mol. The van der Waals surface area contributed by atoms with Gasteiger partial charge in [0.25, 0.3) is 0 Å². The van der Waals surface area contributed by atoms with Gasteiger partial charge >= 0.3 is 0 Å². The van der Waals surface area contributed by atoms with Gasteiger partial charge in [-0.1, -0.05) is 41.0 Å². The molecule has 0 saturated carbocycles. The van der Waals surface area contributed by atoms with Crippen molar-refractivity contribution in [3.8, 4) is 0 Å². The van der Waals surface area contributed by atoms with Gasteiger partial charge in [-0.3, -0.25) is 0 Å². The lowest BCUT2D eigenvalue weighted by Gasteiger charge is -2.21. The molecule has 1 aliphatic heterocycles. The molecule has 1 nitrogen and oxygen atoms in total. The maximum atomic E-state index is 3.36. The van der Waals surface area contributed by atoms with Crippen molar-refractivity contribution in [2.75, 3.05) is 13.1 Å². The largest absolute Gasteiger partial charge is 0.316 e. The topological polar surface area (TPSA) is 12.0 Å². The highest BCUT2D eigenvalue weighted by Gasteiger charge is 2.30. The van der Waals surface area contributed by atoms with E-state index < -0.39 is 0 Å². The van der Waals surface area contributed by atoms with Crippen LogP contribution in [-0.4, -0.2) is 13.1 Å². The Morgan fingerprint density at radius 1 is 1.36 bits per heavy atom. The Morgan fingerprint density at radius 2 is 1.82 bits per heavy atom. The van der Waals surface area contributed by atoms with Crippen LogP contribution in [0.4, 0.5) is 0 Å². The predicted octanol–water partition coefficient (Wildman–Crippen LogP) is 2.67. The van der Waals surface area contributed by atoms with Crippen molar-refractivity contribution in [3.63, 3.8) is 0 Å². The van der Waals surface area contributed by atoms with E-state index in [1.54, 1.807) is 0 Å². The van der Waals surface area contributed by atoms with E-state index in [1.165, 1.54) is 19.5 Å². The highest BCUT2D eigenvalue weighted by molar-refractivity contribution is 4.85. The third kappa shape index (κ3) is 3.76. The summed E-state index contributed by atoms with van der Waals surface area (Å²) in [4.78, 5) is 0. The van der Waals surface area contributed by atoms with Crippen molar-refractivity contribution in [2.24, 2.45) is 11.3 Å². The zero-order chi connectivity index (χ0) is 8.91. The second kappa shape index (κ2) is 4.76. The molecule has 0 radical (unpaired) electrons. The van der Waals surface area contributed by atoms with Gasteiger partial charge in [-0.25, -0.2) is 0 Å². The molecule has 0 aromatic rings. The van der Waals surface area contributed by atoms with E-state index in [1.807, 2.05) is 0 Å². The minimum Gasteiger partial charge on any atom is -0.316 e. The Morgan fingerprint density at radius 3 is 1.91 bits per heavy atom. The van der Waals surface area contributed by atoms with Gasteiger partial charge in [0.1, 0.15) is 0 Å². The van der Waals surface area contributed by atoms with Gasteiger partial charge < -0.3 is 5.32 Å². The predicted molar refractivity (Wildman–Crippen MR) is 51.8 cm³/mol. The van der Waals surface area contributed by atoms with Crippen LogP contribution in [0.5, 0.6) is 0 Å². The average Bonchev–Trinajstić information content (AvgIpc) is 2.14. The zero-order valence-electron chi connectivity index (χ0n) is 8.70. The van der Waals surface area contributed by atoms with E-state index in [2.05, 4.69) is 39.9 Å². The maximum Gasteiger partial charge on any atom is 0.000566 e. The molecule has 1 aliphatic rings. The molecule has 0 amide bonds. The summed E-state index contributed by atoms with van der Waals surface area (Å²) in [6.45, 7) is 13.6. The molecule has 0 aromatic carbocycles. The van der Waals surface area contributed by atoms with Crippen LogP contribution < -0.4 is 5.32 Å². The molecule has 0 spiro atoms. The highest BCUT2D eigenvalue weighted by Crippen LogP contribution is 2.28. The van der Waals surface area contributed by atoms with Crippen molar-refractivity contribution < 1.29 is 0 Å². The summed E-state index contributed by atoms with van der Waals surface area (Å²) in [7, 11) is 0. The second-order valence-corrected chi connectivity index (χ2v) is 4.23. The van der Waals surface area contributed by atoms with Gasteiger partial charge in [0, 0.05) is 6.54 Å². The van der Waals surface area contributed by atoms with E-state index in [4.69, 9.17) is 0 Å². The van der Waals surface area contributed by atoms with Crippen LogP contribution >= 0.6 is 0 Å².